The molecule has 0 aliphatic carbocycles. The van der Waals surface area contributed by atoms with Crippen LogP contribution in [0.15, 0.2) is 40.9 Å². The molecule has 8 heteroatoms. The molecule has 2 amide bonds. The molecule has 0 spiro atoms. The van der Waals surface area contributed by atoms with E-state index in [1.54, 1.807) is 23.1 Å². The first kappa shape index (κ1) is 26.5. The molecule has 0 fully saturated rings. The molecular formula is C24H29BrCl2N2O3. The van der Waals surface area contributed by atoms with Gasteiger partial charge in [-0.15, -0.1) is 0 Å². The number of ether oxygens (including phenoxy) is 1. The number of carbonyl (C=O) groups excluding carboxylic acids is 2. The summed E-state index contributed by atoms with van der Waals surface area (Å²) in [6.07, 6.45) is 2.19. The zero-order valence-electron chi connectivity index (χ0n) is 18.6. The van der Waals surface area contributed by atoms with E-state index in [1.807, 2.05) is 32.0 Å². The van der Waals surface area contributed by atoms with E-state index in [9.17, 15) is 9.59 Å². The molecule has 0 saturated heterocycles. The molecule has 0 aromatic heterocycles. The Morgan fingerprint density at radius 3 is 2.38 bits per heavy atom. The number of aryl methyl sites for hydroxylation is 1. The minimum absolute atomic E-state index is 0.184. The van der Waals surface area contributed by atoms with Crippen LogP contribution in [0.2, 0.25) is 10.0 Å². The number of carbonyl (C=O) groups is 2. The number of rotatable bonds is 11. The van der Waals surface area contributed by atoms with Gasteiger partial charge in [0, 0.05) is 13.1 Å². The van der Waals surface area contributed by atoms with Crippen molar-refractivity contribution in [1.29, 1.82) is 0 Å². The normalized spacial score (nSPS) is 11.7. The van der Waals surface area contributed by atoms with Crippen LogP contribution in [0.25, 0.3) is 0 Å². The highest BCUT2D eigenvalue weighted by molar-refractivity contribution is 9.10. The van der Waals surface area contributed by atoms with Gasteiger partial charge < -0.3 is 15.0 Å². The van der Waals surface area contributed by atoms with Crippen molar-refractivity contribution in [3.05, 3.63) is 62.0 Å². The van der Waals surface area contributed by atoms with Crippen molar-refractivity contribution < 1.29 is 14.3 Å². The third kappa shape index (κ3) is 7.39. The Morgan fingerprint density at radius 1 is 1.06 bits per heavy atom. The predicted octanol–water partition coefficient (Wildman–Crippen LogP) is 6.03. The van der Waals surface area contributed by atoms with Gasteiger partial charge in [0.25, 0.3) is 5.91 Å². The lowest BCUT2D eigenvalue weighted by atomic mass is 10.1. The monoisotopic (exact) mass is 542 g/mol. The van der Waals surface area contributed by atoms with Crippen LogP contribution in [0.5, 0.6) is 5.75 Å². The van der Waals surface area contributed by atoms with Crippen LogP contribution < -0.4 is 10.1 Å². The summed E-state index contributed by atoms with van der Waals surface area (Å²) in [5.41, 5.74) is 1.94. The number of halogens is 3. The topological polar surface area (TPSA) is 58.6 Å². The van der Waals surface area contributed by atoms with E-state index in [1.165, 1.54) is 0 Å². The molecule has 0 bridgehead atoms. The second-order valence-corrected chi connectivity index (χ2v) is 9.06. The number of hydrogen-bond acceptors (Lipinski definition) is 3. The summed E-state index contributed by atoms with van der Waals surface area (Å²) in [6.45, 7) is 6.51. The smallest absolute Gasteiger partial charge is 0.261 e. The van der Waals surface area contributed by atoms with Crippen LogP contribution in [-0.2, 0) is 22.6 Å². The molecule has 174 valence electrons. The Morgan fingerprint density at radius 2 is 1.78 bits per heavy atom. The fourth-order valence-corrected chi connectivity index (χ4v) is 4.09. The maximum Gasteiger partial charge on any atom is 0.261 e. The Balaban J connectivity index is 2.23. The molecule has 0 radical (unpaired) electrons. The summed E-state index contributed by atoms with van der Waals surface area (Å²) in [4.78, 5) is 27.6. The van der Waals surface area contributed by atoms with Crippen LogP contribution in [-0.4, -0.2) is 35.9 Å². The Bertz CT molecular complexity index is 939. The minimum Gasteiger partial charge on any atom is -0.483 e. The average molecular weight is 544 g/mol. The van der Waals surface area contributed by atoms with Gasteiger partial charge in [0.15, 0.2) is 6.61 Å². The predicted molar refractivity (Wildman–Crippen MR) is 133 cm³/mol. The minimum atomic E-state index is -0.627. The zero-order chi connectivity index (χ0) is 23.7. The van der Waals surface area contributed by atoms with E-state index in [2.05, 4.69) is 28.2 Å². The van der Waals surface area contributed by atoms with Gasteiger partial charge >= 0.3 is 0 Å². The van der Waals surface area contributed by atoms with Crippen LogP contribution in [0.4, 0.5) is 0 Å². The molecule has 2 aromatic carbocycles. The molecule has 1 atom stereocenters. The molecule has 0 saturated carbocycles. The first-order valence-electron chi connectivity index (χ1n) is 10.7. The van der Waals surface area contributed by atoms with Crippen molar-refractivity contribution >= 4 is 50.9 Å². The van der Waals surface area contributed by atoms with Gasteiger partial charge in [0.05, 0.1) is 14.5 Å². The standard InChI is InChI=1S/C24H29BrCl2N2O3/c1-4-11-28-24(31)21(6-3)29(14-17-7-9-19(26)20(27)13-17)23(30)15-32-22-10-8-16(5-2)12-18(22)25/h7-10,12-13,21H,4-6,11,14-15H2,1-3H3,(H,28,31)/t21-/m0/s1. The van der Waals surface area contributed by atoms with E-state index in [0.29, 0.717) is 28.8 Å². The Hall–Kier alpha value is -1.76. The van der Waals surface area contributed by atoms with Crippen molar-refractivity contribution in [3.8, 4) is 5.75 Å². The maximum absolute atomic E-state index is 13.2. The Kier molecular flexibility index (Phi) is 10.8. The Labute approximate surface area is 208 Å². The van der Waals surface area contributed by atoms with Crippen LogP contribution >= 0.6 is 39.1 Å². The fourth-order valence-electron chi connectivity index (χ4n) is 3.22. The van der Waals surface area contributed by atoms with E-state index in [4.69, 9.17) is 27.9 Å². The highest BCUT2D eigenvalue weighted by Gasteiger charge is 2.29. The van der Waals surface area contributed by atoms with Gasteiger partial charge in [-0.1, -0.05) is 56.1 Å². The fraction of sp³-hybridized carbons (Fsp3) is 0.417. The number of benzene rings is 2. The summed E-state index contributed by atoms with van der Waals surface area (Å²) in [7, 11) is 0. The number of hydrogen-bond donors (Lipinski definition) is 1. The van der Waals surface area contributed by atoms with Crippen LogP contribution in [0.3, 0.4) is 0 Å². The summed E-state index contributed by atoms with van der Waals surface area (Å²) in [5, 5.41) is 3.73. The van der Waals surface area contributed by atoms with Gasteiger partial charge in [-0.2, -0.15) is 0 Å². The number of amides is 2. The zero-order valence-corrected chi connectivity index (χ0v) is 21.7. The third-order valence-corrected chi connectivity index (χ3v) is 6.39. The summed E-state index contributed by atoms with van der Waals surface area (Å²) >= 11 is 15.7. The SMILES string of the molecule is CCCNC(=O)[C@H](CC)N(Cc1ccc(Cl)c(Cl)c1)C(=O)COc1ccc(CC)cc1Br. The van der Waals surface area contributed by atoms with E-state index < -0.39 is 6.04 Å². The van der Waals surface area contributed by atoms with Gasteiger partial charge in [0.2, 0.25) is 5.91 Å². The molecular weight excluding hydrogens is 515 g/mol. The maximum atomic E-state index is 13.2. The summed E-state index contributed by atoms with van der Waals surface area (Å²) < 4.78 is 6.58. The number of nitrogens with one attached hydrogen (secondary N) is 1. The third-order valence-electron chi connectivity index (χ3n) is 5.03. The van der Waals surface area contributed by atoms with Crippen molar-refractivity contribution in [2.45, 2.75) is 52.6 Å². The summed E-state index contributed by atoms with van der Waals surface area (Å²) in [5.74, 6) is 0.103. The molecule has 0 unspecified atom stereocenters. The molecule has 1 N–H and O–H groups in total. The largest absolute Gasteiger partial charge is 0.483 e. The van der Waals surface area contributed by atoms with Crippen molar-refractivity contribution in [1.82, 2.24) is 10.2 Å². The molecule has 0 heterocycles. The lowest BCUT2D eigenvalue weighted by Gasteiger charge is -2.30. The second kappa shape index (κ2) is 13.1. The highest BCUT2D eigenvalue weighted by Crippen LogP contribution is 2.27. The van der Waals surface area contributed by atoms with Gasteiger partial charge in [-0.25, -0.2) is 0 Å². The first-order valence-corrected chi connectivity index (χ1v) is 12.3. The molecule has 5 nitrogen and oxygen atoms in total. The van der Waals surface area contributed by atoms with Crippen molar-refractivity contribution in [2.75, 3.05) is 13.2 Å². The molecule has 2 aromatic rings. The molecule has 0 aliphatic rings. The van der Waals surface area contributed by atoms with Gasteiger partial charge in [-0.3, -0.25) is 9.59 Å². The quantitative estimate of drug-likeness (QED) is 0.376. The average Bonchev–Trinajstić information content (AvgIpc) is 2.78. The highest BCUT2D eigenvalue weighted by atomic mass is 79.9. The van der Waals surface area contributed by atoms with E-state index >= 15 is 0 Å². The van der Waals surface area contributed by atoms with Crippen molar-refractivity contribution in [2.24, 2.45) is 0 Å². The lowest BCUT2D eigenvalue weighted by Crippen LogP contribution is -2.50. The molecule has 2 rings (SSSR count). The van der Waals surface area contributed by atoms with Crippen LogP contribution in [0.1, 0.15) is 44.7 Å². The first-order chi connectivity index (χ1) is 15.3. The van der Waals surface area contributed by atoms with Gasteiger partial charge in [0.1, 0.15) is 11.8 Å². The lowest BCUT2D eigenvalue weighted by molar-refractivity contribution is -0.143. The van der Waals surface area contributed by atoms with E-state index in [-0.39, 0.29) is 25.0 Å². The van der Waals surface area contributed by atoms with Gasteiger partial charge in [-0.05, 0) is 70.6 Å². The molecule has 32 heavy (non-hydrogen) atoms. The summed E-state index contributed by atoms with van der Waals surface area (Å²) in [6, 6.07) is 10.3. The van der Waals surface area contributed by atoms with Crippen LogP contribution in [0, 0.1) is 0 Å². The van der Waals surface area contributed by atoms with E-state index in [0.717, 1.165) is 28.4 Å². The number of nitrogens with zero attached hydrogens (tertiary/aromatic N) is 1. The second-order valence-electron chi connectivity index (χ2n) is 7.39. The van der Waals surface area contributed by atoms with Crippen molar-refractivity contribution in [3.63, 3.8) is 0 Å². The molecule has 0 aliphatic heterocycles.